The number of carbonyl (C=O) groups excluding carboxylic acids is 3. The molecule has 0 aromatic heterocycles. The minimum absolute atomic E-state index is 0.123. The van der Waals surface area contributed by atoms with E-state index in [0.717, 1.165) is 6.42 Å². The number of para-hydroxylation sites is 1. The Bertz CT molecular complexity index is 1230. The first-order valence-electron chi connectivity index (χ1n) is 14.5. The van der Waals surface area contributed by atoms with Crippen molar-refractivity contribution < 1.29 is 24.2 Å². The first-order valence-corrected chi connectivity index (χ1v) is 14.9. The van der Waals surface area contributed by atoms with Gasteiger partial charge < -0.3 is 24.5 Å². The molecule has 1 unspecified atom stereocenters. The van der Waals surface area contributed by atoms with Crippen molar-refractivity contribution in [2.75, 3.05) is 31.1 Å². The molecule has 1 N–H and O–H groups in total. The number of aliphatic hydroxyl groups excluding tert-OH is 1. The monoisotopic (exact) mass is 569 g/mol. The fraction of sp³-hybridized carbons (Fsp3) is 0.581. The molecule has 4 aliphatic rings. The highest BCUT2D eigenvalue weighted by molar-refractivity contribution is 6.34. The smallest absolute Gasteiger partial charge is 0.253 e. The number of rotatable bonds is 8. The second-order valence-electron chi connectivity index (χ2n) is 11.8. The zero-order chi connectivity index (χ0) is 28.8. The van der Waals surface area contributed by atoms with Gasteiger partial charge in [-0.1, -0.05) is 75.7 Å². The summed E-state index contributed by atoms with van der Waals surface area (Å²) >= 11 is 6.55. The number of nitrogens with zero attached hydrogens (tertiary/aromatic N) is 3. The maximum atomic E-state index is 14.7. The van der Waals surface area contributed by atoms with Crippen molar-refractivity contribution in [1.29, 1.82) is 0 Å². The van der Waals surface area contributed by atoms with Gasteiger partial charge in [0, 0.05) is 19.6 Å². The Morgan fingerprint density at radius 3 is 2.40 bits per heavy atom. The van der Waals surface area contributed by atoms with Crippen molar-refractivity contribution in [1.82, 2.24) is 9.80 Å². The highest BCUT2D eigenvalue weighted by Crippen LogP contribution is 2.59. The van der Waals surface area contributed by atoms with Crippen LogP contribution in [0.5, 0.6) is 0 Å². The minimum Gasteiger partial charge on any atom is -0.394 e. The van der Waals surface area contributed by atoms with Crippen LogP contribution in [-0.2, 0) is 19.1 Å². The van der Waals surface area contributed by atoms with Crippen LogP contribution in [0.4, 0.5) is 5.69 Å². The van der Waals surface area contributed by atoms with Crippen LogP contribution in [-0.4, -0.2) is 82.2 Å². The molecule has 0 bridgehead atoms. The summed E-state index contributed by atoms with van der Waals surface area (Å²) < 4.78 is 7.01. The average Bonchev–Trinajstić information content (AvgIpc) is 3.23. The van der Waals surface area contributed by atoms with E-state index in [2.05, 4.69) is 0 Å². The quantitative estimate of drug-likeness (QED) is 0.481. The molecule has 3 amide bonds. The van der Waals surface area contributed by atoms with Crippen LogP contribution in [0.15, 0.2) is 48.6 Å². The summed E-state index contributed by atoms with van der Waals surface area (Å²) in [6.45, 7) is 8.99. The molecule has 8 nitrogen and oxygen atoms in total. The molecule has 1 aromatic carbocycles. The Morgan fingerprint density at radius 1 is 1.02 bits per heavy atom. The number of fused-ring (bicyclic) bond motifs is 2. The number of benzene rings is 1. The van der Waals surface area contributed by atoms with Crippen LogP contribution < -0.4 is 4.90 Å². The third-order valence-electron chi connectivity index (χ3n) is 8.95. The molecule has 40 heavy (non-hydrogen) atoms. The van der Waals surface area contributed by atoms with Crippen LogP contribution in [0.25, 0.3) is 0 Å². The van der Waals surface area contributed by atoms with Crippen molar-refractivity contribution in [3.63, 3.8) is 0 Å². The zero-order valence-corrected chi connectivity index (χ0v) is 24.5. The maximum Gasteiger partial charge on any atom is 0.253 e. The highest BCUT2D eigenvalue weighted by Gasteiger charge is 2.76. The lowest BCUT2D eigenvalue weighted by Gasteiger charge is -2.41. The molecular formula is C31H40ClN3O5. The fourth-order valence-electron chi connectivity index (χ4n) is 7.32. The number of amides is 3. The molecule has 1 aromatic rings. The molecule has 0 saturated carbocycles. The van der Waals surface area contributed by atoms with Crippen molar-refractivity contribution in [3.05, 3.63) is 53.6 Å². The van der Waals surface area contributed by atoms with Gasteiger partial charge in [-0.05, 0) is 37.3 Å². The number of likely N-dealkylation sites (tertiary alicyclic amines) is 1. The third kappa shape index (κ3) is 4.30. The van der Waals surface area contributed by atoms with Gasteiger partial charge >= 0.3 is 0 Å². The molecule has 4 aliphatic heterocycles. The molecular weight excluding hydrogens is 530 g/mol. The summed E-state index contributed by atoms with van der Waals surface area (Å²) in [5, 5.41) is 11.0. The van der Waals surface area contributed by atoms with Crippen molar-refractivity contribution in [2.45, 2.75) is 70.2 Å². The molecule has 2 saturated heterocycles. The summed E-state index contributed by atoms with van der Waals surface area (Å²) in [6, 6.07) is 5.46. The maximum absolute atomic E-state index is 14.7. The van der Waals surface area contributed by atoms with E-state index in [1.807, 2.05) is 58.1 Å². The van der Waals surface area contributed by atoms with Crippen LogP contribution >= 0.6 is 11.6 Å². The Hall–Kier alpha value is -2.68. The standard InChI is InChI=1S/C31H40ClN3O5/c1-5-15-33-16-9-13-30(6-2)24(27(33)37)25-28(38)35(21(19-36)18-20(3)4)26-29(39)34(17-10-14-31(25,26)40-30)23-12-8-7-11-22(23)32/h7-14,20-21,24-26,36H,5-6,15-19H2,1-4H3/t21-,24+,25+,26?,30-,31+/m1/s1. The predicted octanol–water partition coefficient (Wildman–Crippen LogP) is 3.82. The van der Waals surface area contributed by atoms with E-state index >= 15 is 0 Å². The zero-order valence-electron chi connectivity index (χ0n) is 23.8. The van der Waals surface area contributed by atoms with Gasteiger partial charge in [-0.15, -0.1) is 0 Å². The number of aliphatic hydroxyl groups is 1. The van der Waals surface area contributed by atoms with Gasteiger partial charge in [0.25, 0.3) is 5.91 Å². The van der Waals surface area contributed by atoms with Gasteiger partial charge in [-0.2, -0.15) is 0 Å². The SMILES string of the molecule is CCCN1CC=C[C@@]2(CC)O[C@]34C=CCN(c5ccccc5Cl)C(=O)C3N([C@@H](CO)CC(C)C)C(=O)[C@@H]4[C@H]2C1=O. The van der Waals surface area contributed by atoms with E-state index in [1.54, 1.807) is 28.0 Å². The van der Waals surface area contributed by atoms with Crippen molar-refractivity contribution in [3.8, 4) is 0 Å². The van der Waals surface area contributed by atoms with Gasteiger partial charge in [-0.25, -0.2) is 0 Å². The fourth-order valence-corrected chi connectivity index (χ4v) is 7.56. The van der Waals surface area contributed by atoms with Crippen LogP contribution in [0.3, 0.4) is 0 Å². The van der Waals surface area contributed by atoms with Gasteiger partial charge in [0.2, 0.25) is 11.8 Å². The average molecular weight is 570 g/mol. The predicted molar refractivity (Wildman–Crippen MR) is 154 cm³/mol. The van der Waals surface area contributed by atoms with Gasteiger partial charge in [0.05, 0.1) is 40.8 Å². The van der Waals surface area contributed by atoms with Crippen molar-refractivity contribution in [2.24, 2.45) is 17.8 Å². The number of halogens is 1. The molecule has 216 valence electrons. The van der Waals surface area contributed by atoms with E-state index in [-0.39, 0.29) is 36.8 Å². The summed E-state index contributed by atoms with van der Waals surface area (Å²) in [7, 11) is 0. The Kier molecular flexibility index (Phi) is 7.89. The normalized spacial score (nSPS) is 32.3. The van der Waals surface area contributed by atoms with Crippen molar-refractivity contribution >= 4 is 35.0 Å². The lowest BCUT2D eigenvalue weighted by atomic mass is 9.73. The van der Waals surface area contributed by atoms with E-state index in [4.69, 9.17) is 16.3 Å². The second kappa shape index (κ2) is 11.0. The Labute approximate surface area is 241 Å². The van der Waals surface area contributed by atoms with Crippen LogP contribution in [0.1, 0.15) is 47.0 Å². The molecule has 0 aliphatic carbocycles. The Morgan fingerprint density at radius 2 is 1.75 bits per heavy atom. The molecule has 5 rings (SSSR count). The summed E-state index contributed by atoms with van der Waals surface area (Å²) in [6.07, 6.45) is 9.37. The van der Waals surface area contributed by atoms with E-state index < -0.39 is 35.1 Å². The van der Waals surface area contributed by atoms with Gasteiger partial charge in [0.1, 0.15) is 11.6 Å². The van der Waals surface area contributed by atoms with Crippen LogP contribution in [0, 0.1) is 17.8 Å². The van der Waals surface area contributed by atoms with E-state index in [9.17, 15) is 19.5 Å². The second-order valence-corrected chi connectivity index (χ2v) is 12.2. The Balaban J connectivity index is 1.70. The summed E-state index contributed by atoms with van der Waals surface area (Å²) in [5.74, 6) is -2.30. The minimum atomic E-state index is -1.37. The third-order valence-corrected chi connectivity index (χ3v) is 9.27. The van der Waals surface area contributed by atoms with E-state index in [1.165, 1.54) is 4.90 Å². The molecule has 9 heteroatoms. The summed E-state index contributed by atoms with van der Waals surface area (Å²) in [4.78, 5) is 48.4. The number of hydrogen-bond acceptors (Lipinski definition) is 5. The highest BCUT2D eigenvalue weighted by atomic mass is 35.5. The molecule has 1 spiro atoms. The number of anilines is 1. The first kappa shape index (κ1) is 28.8. The summed E-state index contributed by atoms with van der Waals surface area (Å²) in [5.41, 5.74) is -1.86. The van der Waals surface area contributed by atoms with Gasteiger partial charge in [-0.3, -0.25) is 14.4 Å². The van der Waals surface area contributed by atoms with E-state index in [0.29, 0.717) is 36.6 Å². The van der Waals surface area contributed by atoms with Gasteiger partial charge in [0.15, 0.2) is 0 Å². The molecule has 2 fully saturated rings. The lowest BCUT2D eigenvalue weighted by Crippen LogP contribution is -2.59. The lowest BCUT2D eigenvalue weighted by molar-refractivity contribution is -0.153. The first-order chi connectivity index (χ1) is 19.2. The topological polar surface area (TPSA) is 90.4 Å². The molecule has 4 heterocycles. The number of hydrogen-bond donors (Lipinski definition) is 1. The molecule has 0 radical (unpaired) electrons. The van der Waals surface area contributed by atoms with Crippen LogP contribution in [0.2, 0.25) is 5.02 Å². The largest absolute Gasteiger partial charge is 0.394 e. The number of ether oxygens (including phenoxy) is 1. The molecule has 6 atom stereocenters. The number of carbonyl (C=O) groups is 3.